The zero-order valence-corrected chi connectivity index (χ0v) is 12.9. The Morgan fingerprint density at radius 3 is 2.71 bits per heavy atom. The van der Waals surface area contributed by atoms with Crippen molar-refractivity contribution in [2.45, 2.75) is 25.9 Å². The van der Waals surface area contributed by atoms with Gasteiger partial charge in [0, 0.05) is 19.1 Å². The normalized spacial score (nSPS) is 23.8. The number of nitrogens with zero attached hydrogens (tertiary/aromatic N) is 2. The van der Waals surface area contributed by atoms with Gasteiger partial charge in [-0.1, -0.05) is 12.1 Å². The zero-order valence-electron chi connectivity index (χ0n) is 12.0. The molecule has 0 radical (unpaired) electrons. The van der Waals surface area contributed by atoms with Crippen LogP contribution in [0.15, 0.2) is 29.3 Å². The number of hydrogen-bond acceptors (Lipinski definition) is 5. The third-order valence-electron chi connectivity index (χ3n) is 3.69. The number of rotatable bonds is 3. The van der Waals surface area contributed by atoms with Crippen LogP contribution in [0.1, 0.15) is 18.9 Å². The van der Waals surface area contributed by atoms with E-state index in [2.05, 4.69) is 22.5 Å². The molecule has 0 aromatic heterocycles. The summed E-state index contributed by atoms with van der Waals surface area (Å²) in [6, 6.07) is 8.03. The summed E-state index contributed by atoms with van der Waals surface area (Å²) in [5.41, 5.74) is 1.85. The van der Waals surface area contributed by atoms with Gasteiger partial charge in [-0.3, -0.25) is 9.30 Å². The van der Waals surface area contributed by atoms with Crippen molar-refractivity contribution in [3.8, 4) is 0 Å². The molecule has 1 aromatic carbocycles. The molecule has 6 nitrogen and oxygen atoms in total. The molecule has 2 aliphatic rings. The Balaban J connectivity index is 1.62. The van der Waals surface area contributed by atoms with Gasteiger partial charge in [-0.25, -0.2) is 8.42 Å². The van der Waals surface area contributed by atoms with Crippen LogP contribution in [0.5, 0.6) is 0 Å². The molecular formula is C14H20N4O2S. The summed E-state index contributed by atoms with van der Waals surface area (Å²) in [5.74, 6) is 1.08. The van der Waals surface area contributed by atoms with Gasteiger partial charge in [0.15, 0.2) is 5.96 Å². The lowest BCUT2D eigenvalue weighted by Crippen LogP contribution is -2.37. The maximum absolute atomic E-state index is 11.9. The maximum atomic E-state index is 11.9. The number of sulfonamides is 1. The van der Waals surface area contributed by atoms with Crippen LogP contribution in [0, 0.1) is 0 Å². The topological polar surface area (TPSA) is 73.8 Å². The van der Waals surface area contributed by atoms with E-state index < -0.39 is 10.0 Å². The largest absolute Gasteiger partial charge is 0.352 e. The van der Waals surface area contributed by atoms with E-state index in [-0.39, 0.29) is 5.75 Å². The molecule has 0 spiro atoms. The summed E-state index contributed by atoms with van der Waals surface area (Å²) in [4.78, 5) is 4.34. The van der Waals surface area contributed by atoms with Gasteiger partial charge < -0.3 is 10.6 Å². The first-order valence-electron chi connectivity index (χ1n) is 7.19. The summed E-state index contributed by atoms with van der Waals surface area (Å²) in [5, 5.41) is 6.48. The summed E-state index contributed by atoms with van der Waals surface area (Å²) in [6.07, 6.45) is 0.704. The molecule has 0 bridgehead atoms. The lowest BCUT2D eigenvalue weighted by atomic mass is 10.2. The van der Waals surface area contributed by atoms with Crippen molar-refractivity contribution in [3.05, 3.63) is 29.8 Å². The highest BCUT2D eigenvalue weighted by molar-refractivity contribution is 7.93. The van der Waals surface area contributed by atoms with Crippen LogP contribution in [0.25, 0.3) is 0 Å². The fraction of sp³-hybridized carbons (Fsp3) is 0.500. The van der Waals surface area contributed by atoms with Crippen molar-refractivity contribution in [1.82, 2.24) is 10.6 Å². The molecule has 1 fully saturated rings. The molecule has 2 aliphatic heterocycles. The van der Waals surface area contributed by atoms with E-state index in [9.17, 15) is 8.42 Å². The molecule has 1 atom stereocenters. The van der Waals surface area contributed by atoms with Crippen molar-refractivity contribution < 1.29 is 8.42 Å². The van der Waals surface area contributed by atoms with Crippen molar-refractivity contribution in [1.29, 1.82) is 0 Å². The average Bonchev–Trinajstić information content (AvgIpc) is 3.02. The Labute approximate surface area is 125 Å². The SMILES string of the molecule is CC1CN=C(NCc2ccc(N3CCCS3(=O)=O)cc2)N1. The first kappa shape index (κ1) is 14.2. The van der Waals surface area contributed by atoms with Crippen molar-refractivity contribution >= 4 is 21.7 Å². The van der Waals surface area contributed by atoms with E-state index in [1.807, 2.05) is 24.3 Å². The van der Waals surface area contributed by atoms with E-state index in [1.54, 1.807) is 0 Å². The predicted molar refractivity (Wildman–Crippen MR) is 83.9 cm³/mol. The van der Waals surface area contributed by atoms with Gasteiger partial charge in [0.05, 0.1) is 18.0 Å². The van der Waals surface area contributed by atoms with E-state index in [4.69, 9.17) is 0 Å². The number of guanidine groups is 1. The van der Waals surface area contributed by atoms with Crippen molar-refractivity contribution in [3.63, 3.8) is 0 Å². The lowest BCUT2D eigenvalue weighted by Gasteiger charge is -2.17. The van der Waals surface area contributed by atoms with Crippen LogP contribution < -0.4 is 14.9 Å². The predicted octanol–water partition coefficient (Wildman–Crippen LogP) is 0.664. The maximum Gasteiger partial charge on any atom is 0.235 e. The van der Waals surface area contributed by atoms with Crippen LogP contribution in [-0.2, 0) is 16.6 Å². The summed E-state index contributed by atoms with van der Waals surface area (Å²) in [6.45, 7) is 4.14. The van der Waals surface area contributed by atoms with E-state index in [0.717, 1.165) is 23.8 Å². The molecule has 1 saturated heterocycles. The number of anilines is 1. The highest BCUT2D eigenvalue weighted by Gasteiger charge is 2.28. The molecule has 0 saturated carbocycles. The van der Waals surface area contributed by atoms with Crippen LogP contribution in [0.2, 0.25) is 0 Å². The molecule has 3 rings (SSSR count). The highest BCUT2D eigenvalue weighted by Crippen LogP contribution is 2.24. The third-order valence-corrected chi connectivity index (χ3v) is 5.56. The molecule has 2 heterocycles. The quantitative estimate of drug-likeness (QED) is 0.860. The molecule has 7 heteroatoms. The van der Waals surface area contributed by atoms with Crippen LogP contribution in [0.3, 0.4) is 0 Å². The minimum atomic E-state index is -3.10. The van der Waals surface area contributed by atoms with Crippen molar-refractivity contribution in [2.24, 2.45) is 4.99 Å². The first-order valence-corrected chi connectivity index (χ1v) is 8.80. The Bertz CT molecular complexity index is 639. The van der Waals surface area contributed by atoms with Gasteiger partial charge in [0.2, 0.25) is 10.0 Å². The van der Waals surface area contributed by atoms with Gasteiger partial charge in [-0.2, -0.15) is 0 Å². The Kier molecular flexibility index (Phi) is 3.75. The van der Waals surface area contributed by atoms with Crippen molar-refractivity contribution in [2.75, 3.05) is 23.1 Å². The number of aliphatic imine (C=N–C) groups is 1. The van der Waals surface area contributed by atoms with Gasteiger partial charge in [-0.15, -0.1) is 0 Å². The lowest BCUT2D eigenvalue weighted by molar-refractivity contribution is 0.599. The first-order chi connectivity index (χ1) is 10.0. The van der Waals surface area contributed by atoms with E-state index in [1.165, 1.54) is 4.31 Å². The van der Waals surface area contributed by atoms with Crippen LogP contribution >= 0.6 is 0 Å². The third kappa shape index (κ3) is 3.12. The monoisotopic (exact) mass is 308 g/mol. The van der Waals surface area contributed by atoms with Crippen LogP contribution in [-0.4, -0.2) is 39.3 Å². The van der Waals surface area contributed by atoms with Gasteiger partial charge in [0.25, 0.3) is 0 Å². The molecule has 1 unspecified atom stereocenters. The van der Waals surface area contributed by atoms with Crippen LogP contribution in [0.4, 0.5) is 5.69 Å². The minimum absolute atomic E-state index is 0.250. The molecule has 21 heavy (non-hydrogen) atoms. The fourth-order valence-electron chi connectivity index (χ4n) is 2.56. The van der Waals surface area contributed by atoms with Gasteiger partial charge >= 0.3 is 0 Å². The van der Waals surface area contributed by atoms with E-state index >= 15 is 0 Å². The average molecular weight is 308 g/mol. The number of nitrogens with one attached hydrogen (secondary N) is 2. The highest BCUT2D eigenvalue weighted by atomic mass is 32.2. The smallest absolute Gasteiger partial charge is 0.235 e. The molecular weight excluding hydrogens is 288 g/mol. The summed E-state index contributed by atoms with van der Waals surface area (Å²) < 4.78 is 25.2. The van der Waals surface area contributed by atoms with E-state index in [0.29, 0.717) is 25.6 Å². The van der Waals surface area contributed by atoms with Gasteiger partial charge in [0.1, 0.15) is 0 Å². The number of hydrogen-bond donors (Lipinski definition) is 2. The summed E-state index contributed by atoms with van der Waals surface area (Å²) >= 11 is 0. The molecule has 2 N–H and O–H groups in total. The minimum Gasteiger partial charge on any atom is -0.352 e. The summed E-state index contributed by atoms with van der Waals surface area (Å²) in [7, 11) is -3.10. The molecule has 0 aliphatic carbocycles. The zero-order chi connectivity index (χ0) is 14.9. The Hall–Kier alpha value is -1.76. The standard InChI is InChI=1S/C14H20N4O2S/c1-11-9-15-14(17-11)16-10-12-3-5-13(6-4-12)18-7-2-8-21(18,19)20/h3-6,11H,2,7-10H2,1H3,(H2,15,16,17). The Morgan fingerprint density at radius 2 is 2.14 bits per heavy atom. The molecule has 1 aromatic rings. The second-order valence-electron chi connectivity index (χ2n) is 5.50. The Morgan fingerprint density at radius 1 is 1.38 bits per heavy atom. The number of benzene rings is 1. The molecule has 114 valence electrons. The molecule has 0 amide bonds. The second-order valence-corrected chi connectivity index (χ2v) is 7.51. The second kappa shape index (κ2) is 5.55. The van der Waals surface area contributed by atoms with Gasteiger partial charge in [-0.05, 0) is 31.0 Å². The fourth-order valence-corrected chi connectivity index (χ4v) is 4.12.